The standard InChI is InChI=1S/C21H12Br2O3S/c1-11-7-8-16(27-11)17-14-9-13(22)10-15(23)20(14)26-21(25)18(17)19(24)12-5-3-2-4-6-12/h2-10H,1H3. The van der Waals surface area contributed by atoms with Crippen molar-refractivity contribution in [2.45, 2.75) is 6.92 Å². The molecule has 2 aromatic heterocycles. The van der Waals surface area contributed by atoms with Gasteiger partial charge in [-0.25, -0.2) is 4.79 Å². The van der Waals surface area contributed by atoms with E-state index in [0.29, 0.717) is 26.6 Å². The first-order valence-corrected chi connectivity index (χ1v) is 10.5. The summed E-state index contributed by atoms with van der Waals surface area (Å²) in [6.45, 7) is 1.99. The molecule has 0 aliphatic rings. The van der Waals surface area contributed by atoms with Crippen molar-refractivity contribution in [3.05, 3.63) is 90.0 Å². The number of fused-ring (bicyclic) bond motifs is 1. The Labute approximate surface area is 175 Å². The molecule has 2 aromatic carbocycles. The molecule has 0 saturated carbocycles. The van der Waals surface area contributed by atoms with Gasteiger partial charge in [0.25, 0.3) is 0 Å². The molecular formula is C21H12Br2O3S. The molecule has 0 aliphatic heterocycles. The monoisotopic (exact) mass is 502 g/mol. The molecule has 0 N–H and O–H groups in total. The molecule has 134 valence electrons. The maximum atomic E-state index is 13.2. The van der Waals surface area contributed by atoms with Crippen molar-refractivity contribution in [3.8, 4) is 10.4 Å². The molecule has 4 rings (SSSR count). The van der Waals surface area contributed by atoms with Gasteiger partial charge in [-0.2, -0.15) is 0 Å². The molecule has 3 nitrogen and oxygen atoms in total. The normalized spacial score (nSPS) is 11.1. The van der Waals surface area contributed by atoms with Crippen LogP contribution >= 0.6 is 43.2 Å². The smallest absolute Gasteiger partial charge is 0.348 e. The van der Waals surface area contributed by atoms with Gasteiger partial charge in [0.1, 0.15) is 5.56 Å². The molecule has 0 amide bonds. The number of thiophene rings is 1. The SMILES string of the molecule is Cc1ccc(-c2c(C(=O)c3ccccc3)c(=O)oc3c(Br)cc(Br)cc23)s1. The third kappa shape index (κ3) is 3.33. The van der Waals surface area contributed by atoms with E-state index in [1.807, 2.05) is 37.3 Å². The minimum atomic E-state index is -0.638. The summed E-state index contributed by atoms with van der Waals surface area (Å²) < 4.78 is 7.02. The first-order chi connectivity index (χ1) is 13.0. The average molecular weight is 504 g/mol. The number of carbonyl (C=O) groups is 1. The average Bonchev–Trinajstić information content (AvgIpc) is 3.07. The van der Waals surface area contributed by atoms with Crippen LogP contribution in [0.1, 0.15) is 20.8 Å². The summed E-state index contributed by atoms with van der Waals surface area (Å²) in [7, 11) is 0. The van der Waals surface area contributed by atoms with Gasteiger partial charge in [0.05, 0.1) is 4.47 Å². The number of halogens is 2. The molecule has 6 heteroatoms. The fraction of sp³-hybridized carbons (Fsp3) is 0.0476. The van der Waals surface area contributed by atoms with Crippen molar-refractivity contribution in [2.75, 3.05) is 0 Å². The van der Waals surface area contributed by atoms with Crippen LogP contribution in [-0.2, 0) is 0 Å². The van der Waals surface area contributed by atoms with Crippen molar-refractivity contribution in [2.24, 2.45) is 0 Å². The van der Waals surface area contributed by atoms with Gasteiger partial charge in [-0.3, -0.25) is 4.79 Å². The number of hydrogen-bond acceptors (Lipinski definition) is 4. The zero-order chi connectivity index (χ0) is 19.1. The number of rotatable bonds is 3. The fourth-order valence-corrected chi connectivity index (χ4v) is 5.23. The maximum absolute atomic E-state index is 13.2. The van der Waals surface area contributed by atoms with E-state index in [-0.39, 0.29) is 11.3 Å². The molecule has 0 atom stereocenters. The topological polar surface area (TPSA) is 47.3 Å². The fourth-order valence-electron chi connectivity index (χ4n) is 3.00. The van der Waals surface area contributed by atoms with E-state index in [9.17, 15) is 9.59 Å². The van der Waals surface area contributed by atoms with Crippen LogP contribution in [0.25, 0.3) is 21.4 Å². The molecule has 4 aromatic rings. The lowest BCUT2D eigenvalue weighted by molar-refractivity contribution is 0.103. The first kappa shape index (κ1) is 18.3. The van der Waals surface area contributed by atoms with Gasteiger partial charge in [-0.1, -0.05) is 46.3 Å². The highest BCUT2D eigenvalue weighted by molar-refractivity contribution is 9.11. The third-order valence-corrected chi connectivity index (χ3v) is 6.24. The van der Waals surface area contributed by atoms with Gasteiger partial charge in [0.15, 0.2) is 5.58 Å². The largest absolute Gasteiger partial charge is 0.421 e. The Balaban J connectivity index is 2.14. The van der Waals surface area contributed by atoms with Crippen LogP contribution in [-0.4, -0.2) is 5.78 Å². The predicted octanol–water partition coefficient (Wildman–Crippen LogP) is 6.59. The van der Waals surface area contributed by atoms with Crippen LogP contribution in [0.2, 0.25) is 0 Å². The lowest BCUT2D eigenvalue weighted by Crippen LogP contribution is -2.17. The Morgan fingerprint density at radius 2 is 1.78 bits per heavy atom. The highest BCUT2D eigenvalue weighted by Crippen LogP contribution is 2.39. The van der Waals surface area contributed by atoms with E-state index in [1.165, 1.54) is 11.3 Å². The molecule has 0 spiro atoms. The summed E-state index contributed by atoms with van der Waals surface area (Å²) in [6, 6.07) is 16.4. The van der Waals surface area contributed by atoms with Crippen molar-refractivity contribution >= 4 is 59.9 Å². The number of hydrogen-bond donors (Lipinski definition) is 0. The second kappa shape index (κ2) is 7.19. The summed E-state index contributed by atoms with van der Waals surface area (Å²) in [5.74, 6) is -0.344. The Morgan fingerprint density at radius 3 is 2.44 bits per heavy atom. The summed E-state index contributed by atoms with van der Waals surface area (Å²) >= 11 is 8.48. The second-order valence-electron chi connectivity index (χ2n) is 6.01. The van der Waals surface area contributed by atoms with Gasteiger partial charge >= 0.3 is 5.63 Å². The number of ketones is 1. The van der Waals surface area contributed by atoms with Crippen LogP contribution in [0.5, 0.6) is 0 Å². The molecule has 0 radical (unpaired) electrons. The van der Waals surface area contributed by atoms with Crippen LogP contribution in [0.3, 0.4) is 0 Å². The molecule has 0 unspecified atom stereocenters. The molecule has 0 fully saturated rings. The molecule has 0 aliphatic carbocycles. The van der Waals surface area contributed by atoms with E-state index < -0.39 is 5.63 Å². The first-order valence-electron chi connectivity index (χ1n) is 8.08. The van der Waals surface area contributed by atoms with Crippen LogP contribution < -0.4 is 5.63 Å². The van der Waals surface area contributed by atoms with Crippen molar-refractivity contribution in [1.29, 1.82) is 0 Å². The van der Waals surface area contributed by atoms with Crippen molar-refractivity contribution in [1.82, 2.24) is 0 Å². The molecule has 0 saturated heterocycles. The van der Waals surface area contributed by atoms with E-state index in [2.05, 4.69) is 31.9 Å². The Bertz CT molecular complexity index is 1240. The molecule has 2 heterocycles. The van der Waals surface area contributed by atoms with E-state index in [4.69, 9.17) is 4.42 Å². The summed E-state index contributed by atoms with van der Waals surface area (Å²) in [5.41, 5.74) is 0.901. The van der Waals surface area contributed by atoms with Crippen LogP contribution in [0.4, 0.5) is 0 Å². The lowest BCUT2D eigenvalue weighted by Gasteiger charge is -2.11. The van der Waals surface area contributed by atoms with Gasteiger partial charge in [-0.05, 0) is 47.1 Å². The van der Waals surface area contributed by atoms with E-state index in [0.717, 1.165) is 14.2 Å². The van der Waals surface area contributed by atoms with Crippen LogP contribution in [0, 0.1) is 6.92 Å². The van der Waals surface area contributed by atoms with Gasteiger partial charge in [0, 0.05) is 30.7 Å². The van der Waals surface area contributed by atoms with E-state index in [1.54, 1.807) is 24.3 Å². The van der Waals surface area contributed by atoms with Crippen LogP contribution in [0.15, 0.2) is 72.8 Å². The Morgan fingerprint density at radius 1 is 1.04 bits per heavy atom. The summed E-state index contributed by atoms with van der Waals surface area (Å²) in [4.78, 5) is 28.0. The van der Waals surface area contributed by atoms with Crippen molar-refractivity contribution < 1.29 is 9.21 Å². The minimum absolute atomic E-state index is 0.0561. The molecular weight excluding hydrogens is 492 g/mol. The molecule has 27 heavy (non-hydrogen) atoms. The zero-order valence-electron chi connectivity index (χ0n) is 14.1. The predicted molar refractivity (Wildman–Crippen MR) is 116 cm³/mol. The Hall–Kier alpha value is -2.02. The molecule has 0 bridgehead atoms. The van der Waals surface area contributed by atoms with Crippen molar-refractivity contribution in [3.63, 3.8) is 0 Å². The quantitative estimate of drug-likeness (QED) is 0.234. The zero-order valence-corrected chi connectivity index (χ0v) is 18.1. The van der Waals surface area contributed by atoms with Gasteiger partial charge in [0.2, 0.25) is 5.78 Å². The minimum Gasteiger partial charge on any atom is -0.421 e. The second-order valence-corrected chi connectivity index (χ2v) is 9.07. The summed E-state index contributed by atoms with van der Waals surface area (Å²) in [5, 5.41) is 0.706. The highest BCUT2D eigenvalue weighted by Gasteiger charge is 2.25. The highest BCUT2D eigenvalue weighted by atomic mass is 79.9. The van der Waals surface area contributed by atoms with Gasteiger partial charge < -0.3 is 4.42 Å². The maximum Gasteiger partial charge on any atom is 0.348 e. The number of aryl methyl sites for hydroxylation is 1. The summed E-state index contributed by atoms with van der Waals surface area (Å²) in [6.07, 6.45) is 0. The number of benzene rings is 2. The van der Waals surface area contributed by atoms with E-state index >= 15 is 0 Å². The number of carbonyl (C=O) groups excluding carboxylic acids is 1. The lowest BCUT2D eigenvalue weighted by atomic mass is 9.96. The Kier molecular flexibility index (Phi) is 4.88. The third-order valence-electron chi connectivity index (χ3n) is 4.18. The van der Waals surface area contributed by atoms with Gasteiger partial charge in [-0.15, -0.1) is 11.3 Å².